The summed E-state index contributed by atoms with van der Waals surface area (Å²) in [7, 11) is 0. The molecule has 0 aliphatic heterocycles. The number of aliphatic hydroxyl groups is 1. The molecule has 0 amide bonds. The van der Waals surface area contributed by atoms with E-state index < -0.39 is 5.60 Å². The number of hydrogen-bond acceptors (Lipinski definition) is 3. The van der Waals surface area contributed by atoms with E-state index in [9.17, 15) is 5.11 Å². The van der Waals surface area contributed by atoms with Crippen molar-refractivity contribution in [2.75, 3.05) is 0 Å². The fourth-order valence-electron chi connectivity index (χ4n) is 1.78. The molecule has 0 aliphatic rings. The summed E-state index contributed by atoms with van der Waals surface area (Å²) in [4.78, 5) is 5.27. The molecule has 1 unspecified atom stereocenters. The van der Waals surface area contributed by atoms with E-state index in [0.717, 1.165) is 17.2 Å². The lowest BCUT2D eigenvalue weighted by Crippen LogP contribution is -2.24. The molecule has 2 aromatic rings. The maximum Gasteiger partial charge on any atom is 0.111 e. The van der Waals surface area contributed by atoms with Crippen molar-refractivity contribution in [3.8, 4) is 0 Å². The van der Waals surface area contributed by atoms with E-state index in [0.29, 0.717) is 6.42 Å². The fourth-order valence-corrected chi connectivity index (χ4v) is 2.56. The Hall–Kier alpha value is -1.13. The van der Waals surface area contributed by atoms with Gasteiger partial charge in [-0.2, -0.15) is 0 Å². The van der Waals surface area contributed by atoms with E-state index >= 15 is 0 Å². The van der Waals surface area contributed by atoms with Gasteiger partial charge in [-0.1, -0.05) is 6.07 Å². The van der Waals surface area contributed by atoms with E-state index in [2.05, 4.69) is 16.5 Å². The van der Waals surface area contributed by atoms with Crippen molar-refractivity contribution >= 4 is 11.3 Å². The third-order valence-electron chi connectivity index (χ3n) is 2.70. The highest BCUT2D eigenvalue weighted by atomic mass is 32.1. The largest absolute Gasteiger partial charge is 0.384 e. The zero-order valence-corrected chi connectivity index (χ0v) is 10.4. The Bertz CT molecular complexity index is 445. The van der Waals surface area contributed by atoms with Crippen molar-refractivity contribution in [2.24, 2.45) is 0 Å². The first-order valence-electron chi connectivity index (χ1n) is 5.40. The quantitative estimate of drug-likeness (QED) is 0.885. The number of aromatic nitrogens is 2. The van der Waals surface area contributed by atoms with Gasteiger partial charge in [0.2, 0.25) is 0 Å². The summed E-state index contributed by atoms with van der Waals surface area (Å²) < 4.78 is 2.06. The van der Waals surface area contributed by atoms with Crippen LogP contribution in [0.15, 0.2) is 29.9 Å². The minimum Gasteiger partial charge on any atom is -0.384 e. The molecule has 0 aliphatic carbocycles. The van der Waals surface area contributed by atoms with Crippen LogP contribution in [0.2, 0.25) is 0 Å². The summed E-state index contributed by atoms with van der Waals surface area (Å²) >= 11 is 1.58. The molecule has 86 valence electrons. The van der Waals surface area contributed by atoms with Gasteiger partial charge in [-0.05, 0) is 25.3 Å². The first-order chi connectivity index (χ1) is 7.63. The van der Waals surface area contributed by atoms with Gasteiger partial charge in [-0.15, -0.1) is 11.3 Å². The smallest absolute Gasteiger partial charge is 0.111 e. The normalized spacial score (nSPS) is 14.9. The number of hydrogen-bond donors (Lipinski definition) is 1. The van der Waals surface area contributed by atoms with Crippen LogP contribution in [0.3, 0.4) is 0 Å². The second kappa shape index (κ2) is 4.39. The third-order valence-corrected chi connectivity index (χ3v) is 3.82. The van der Waals surface area contributed by atoms with Crippen LogP contribution in [-0.2, 0) is 18.6 Å². The molecule has 0 spiro atoms. The molecule has 2 aromatic heterocycles. The van der Waals surface area contributed by atoms with Crippen molar-refractivity contribution in [3.05, 3.63) is 40.6 Å². The van der Waals surface area contributed by atoms with Crippen LogP contribution in [0.4, 0.5) is 0 Å². The average Bonchev–Trinajstić information content (AvgIpc) is 2.86. The molecule has 0 fully saturated rings. The minimum absolute atomic E-state index is 0.550. The van der Waals surface area contributed by atoms with Crippen LogP contribution in [0, 0.1) is 0 Å². The molecule has 0 bridgehead atoms. The van der Waals surface area contributed by atoms with Gasteiger partial charge in [-0.3, -0.25) is 0 Å². The lowest BCUT2D eigenvalue weighted by atomic mass is 10.00. The Kier molecular flexibility index (Phi) is 3.12. The number of thiophene rings is 1. The number of imidazole rings is 1. The summed E-state index contributed by atoms with van der Waals surface area (Å²) in [5, 5.41) is 12.4. The van der Waals surface area contributed by atoms with Crippen molar-refractivity contribution < 1.29 is 5.11 Å². The van der Waals surface area contributed by atoms with Crippen LogP contribution in [0.5, 0.6) is 0 Å². The molecule has 3 nitrogen and oxygen atoms in total. The minimum atomic E-state index is -0.827. The summed E-state index contributed by atoms with van der Waals surface area (Å²) in [5.41, 5.74) is -0.827. The molecular weight excluding hydrogens is 220 g/mol. The van der Waals surface area contributed by atoms with Gasteiger partial charge < -0.3 is 9.67 Å². The molecule has 16 heavy (non-hydrogen) atoms. The fraction of sp³-hybridized carbons (Fsp3) is 0.417. The van der Waals surface area contributed by atoms with E-state index in [1.54, 1.807) is 17.5 Å². The van der Waals surface area contributed by atoms with Gasteiger partial charge in [0.25, 0.3) is 0 Å². The molecule has 0 saturated heterocycles. The summed E-state index contributed by atoms with van der Waals surface area (Å²) in [6.45, 7) is 4.80. The Morgan fingerprint density at radius 1 is 1.56 bits per heavy atom. The lowest BCUT2D eigenvalue weighted by molar-refractivity contribution is 0.0584. The first-order valence-corrected chi connectivity index (χ1v) is 6.28. The highest BCUT2D eigenvalue weighted by Crippen LogP contribution is 2.28. The zero-order valence-electron chi connectivity index (χ0n) is 9.55. The monoisotopic (exact) mass is 236 g/mol. The third kappa shape index (κ3) is 2.18. The van der Waals surface area contributed by atoms with E-state index in [-0.39, 0.29) is 0 Å². The molecule has 1 atom stereocenters. The standard InChI is InChI=1S/C12H16N2OS/c1-3-14-7-6-13-11(14)9-12(2,15)10-5-4-8-16-10/h4-8,15H,3,9H2,1-2H3. The molecule has 0 aromatic carbocycles. The number of aryl methyl sites for hydroxylation is 1. The lowest BCUT2D eigenvalue weighted by Gasteiger charge is -2.21. The molecule has 1 N–H and O–H groups in total. The van der Waals surface area contributed by atoms with E-state index in [1.165, 1.54) is 0 Å². The Morgan fingerprint density at radius 2 is 2.38 bits per heavy atom. The Balaban J connectivity index is 2.21. The summed E-state index contributed by atoms with van der Waals surface area (Å²) in [6.07, 6.45) is 4.28. The number of rotatable bonds is 4. The SMILES string of the molecule is CCn1ccnc1CC(C)(O)c1cccs1. The molecule has 2 heterocycles. The van der Waals surface area contributed by atoms with Gasteiger partial charge in [-0.25, -0.2) is 4.98 Å². The Morgan fingerprint density at radius 3 is 3.00 bits per heavy atom. The van der Waals surface area contributed by atoms with Crippen molar-refractivity contribution in [2.45, 2.75) is 32.4 Å². The van der Waals surface area contributed by atoms with E-state index in [4.69, 9.17) is 0 Å². The predicted octanol–water partition coefficient (Wildman–Crippen LogP) is 2.41. The second-order valence-corrected chi connectivity index (χ2v) is 5.01. The van der Waals surface area contributed by atoms with Crippen LogP contribution in [-0.4, -0.2) is 14.7 Å². The molecule has 0 radical (unpaired) electrons. The van der Waals surface area contributed by atoms with Gasteiger partial charge in [0.15, 0.2) is 0 Å². The van der Waals surface area contributed by atoms with Crippen molar-refractivity contribution in [1.29, 1.82) is 0 Å². The molecule has 0 saturated carbocycles. The maximum atomic E-state index is 10.4. The molecule has 4 heteroatoms. The first kappa shape index (κ1) is 11.4. The van der Waals surface area contributed by atoms with E-state index in [1.807, 2.05) is 30.6 Å². The van der Waals surface area contributed by atoms with Crippen LogP contribution in [0.1, 0.15) is 24.5 Å². The topological polar surface area (TPSA) is 38.0 Å². The van der Waals surface area contributed by atoms with Crippen LogP contribution >= 0.6 is 11.3 Å². The second-order valence-electron chi connectivity index (χ2n) is 4.06. The average molecular weight is 236 g/mol. The van der Waals surface area contributed by atoms with Gasteiger partial charge in [0.1, 0.15) is 11.4 Å². The summed E-state index contributed by atoms with van der Waals surface area (Å²) in [5.74, 6) is 0.931. The highest BCUT2D eigenvalue weighted by molar-refractivity contribution is 7.10. The Labute approximate surface area is 99.4 Å². The van der Waals surface area contributed by atoms with Gasteiger partial charge in [0, 0.05) is 30.2 Å². The molecular formula is C12H16N2OS. The maximum absolute atomic E-state index is 10.4. The van der Waals surface area contributed by atoms with Crippen molar-refractivity contribution in [1.82, 2.24) is 9.55 Å². The number of nitrogens with zero attached hydrogens (tertiary/aromatic N) is 2. The summed E-state index contributed by atoms with van der Waals surface area (Å²) in [6, 6.07) is 3.92. The van der Waals surface area contributed by atoms with Crippen LogP contribution < -0.4 is 0 Å². The zero-order chi connectivity index (χ0) is 11.6. The van der Waals surface area contributed by atoms with Gasteiger partial charge in [0.05, 0.1) is 0 Å². The predicted molar refractivity (Wildman–Crippen MR) is 65.5 cm³/mol. The highest BCUT2D eigenvalue weighted by Gasteiger charge is 2.26. The van der Waals surface area contributed by atoms with Crippen LogP contribution in [0.25, 0.3) is 0 Å². The van der Waals surface area contributed by atoms with Gasteiger partial charge >= 0.3 is 0 Å². The van der Waals surface area contributed by atoms with Crippen molar-refractivity contribution in [3.63, 3.8) is 0 Å². The molecule has 2 rings (SSSR count).